The Hall–Kier alpha value is -3.95. The predicted molar refractivity (Wildman–Crippen MR) is 157 cm³/mol. The third-order valence-electron chi connectivity index (χ3n) is 8.06. The summed E-state index contributed by atoms with van der Waals surface area (Å²) in [5.41, 5.74) is 6.99. The first-order chi connectivity index (χ1) is 19.3. The molecule has 3 aromatic carbocycles. The molecule has 2 atom stereocenters. The number of anilines is 1. The molecule has 3 N–H and O–H groups in total. The van der Waals surface area contributed by atoms with E-state index in [-0.39, 0.29) is 34.5 Å². The van der Waals surface area contributed by atoms with Crippen molar-refractivity contribution in [3.63, 3.8) is 0 Å². The van der Waals surface area contributed by atoms with Crippen molar-refractivity contribution in [1.82, 2.24) is 14.8 Å². The summed E-state index contributed by atoms with van der Waals surface area (Å²) < 4.78 is 24.1. The number of pyridine rings is 1. The van der Waals surface area contributed by atoms with Crippen molar-refractivity contribution in [2.45, 2.75) is 39.3 Å². The lowest BCUT2D eigenvalue weighted by Crippen LogP contribution is -2.43. The number of rotatable bonds is 7. The van der Waals surface area contributed by atoms with Crippen molar-refractivity contribution in [3.8, 4) is 17.2 Å². The van der Waals surface area contributed by atoms with Crippen molar-refractivity contribution in [1.29, 1.82) is 0 Å². The van der Waals surface area contributed by atoms with Crippen LogP contribution in [0.4, 0.5) is 10.1 Å². The zero-order chi connectivity index (χ0) is 28.1. The molecule has 0 radical (unpaired) electrons. The number of hydrogen-bond donors (Lipinski definition) is 2. The van der Waals surface area contributed by atoms with E-state index in [1.807, 2.05) is 48.2 Å². The van der Waals surface area contributed by atoms with Crippen LogP contribution in [0.5, 0.6) is 11.5 Å². The number of carbonyl (C=O) groups excluding carboxylic acids is 1. The van der Waals surface area contributed by atoms with Crippen molar-refractivity contribution in [2.75, 3.05) is 37.6 Å². The van der Waals surface area contributed by atoms with E-state index >= 15 is 4.39 Å². The second-order valence-corrected chi connectivity index (χ2v) is 10.8. The van der Waals surface area contributed by atoms with Crippen LogP contribution in [0.3, 0.4) is 0 Å². The fraction of sp³-hybridized carbons (Fsp3) is 0.355. The maximum Gasteiger partial charge on any atom is 0.257 e. The lowest BCUT2D eigenvalue weighted by molar-refractivity contribution is 0.0929. The Bertz CT molecular complexity index is 1700. The number of amides is 1. The van der Waals surface area contributed by atoms with Gasteiger partial charge in [0, 0.05) is 37.9 Å². The van der Waals surface area contributed by atoms with Gasteiger partial charge in [-0.1, -0.05) is 38.1 Å². The van der Waals surface area contributed by atoms with Crippen molar-refractivity contribution in [2.24, 2.45) is 5.73 Å². The molecule has 4 aromatic rings. The van der Waals surface area contributed by atoms with Gasteiger partial charge >= 0.3 is 0 Å². The summed E-state index contributed by atoms with van der Waals surface area (Å²) >= 11 is 0. The van der Waals surface area contributed by atoms with E-state index in [1.165, 1.54) is 6.07 Å². The number of nitrogens with zero attached hydrogens (tertiary/aromatic N) is 3. The average molecular weight is 544 g/mol. The molecule has 0 bridgehead atoms. The van der Waals surface area contributed by atoms with Crippen molar-refractivity contribution in [3.05, 3.63) is 70.3 Å². The lowest BCUT2D eigenvalue weighted by Gasteiger charge is -2.29. The van der Waals surface area contributed by atoms with Crippen LogP contribution < -0.4 is 26.1 Å². The maximum atomic E-state index is 15.9. The molecule has 3 heterocycles. The average Bonchev–Trinajstić information content (AvgIpc) is 3.37. The SMILES string of the molecule is CCN(CC)CC(C)NC(=O)c1cn2c3c(c(N4CCC(N)C4)c(F)cc3c1=O)Oc1cc3ccccc3cc1-2. The van der Waals surface area contributed by atoms with Gasteiger partial charge in [-0.3, -0.25) is 9.59 Å². The van der Waals surface area contributed by atoms with Crippen LogP contribution in [0.15, 0.2) is 53.5 Å². The Morgan fingerprint density at radius 1 is 1.20 bits per heavy atom. The van der Waals surface area contributed by atoms with Gasteiger partial charge < -0.3 is 30.2 Å². The molecule has 9 heteroatoms. The molecule has 0 saturated carbocycles. The molecular weight excluding hydrogens is 509 g/mol. The molecule has 208 valence electrons. The number of carbonyl (C=O) groups is 1. The fourth-order valence-corrected chi connectivity index (χ4v) is 5.95. The smallest absolute Gasteiger partial charge is 0.257 e. The van der Waals surface area contributed by atoms with E-state index in [4.69, 9.17) is 10.5 Å². The topological polar surface area (TPSA) is 92.8 Å². The molecule has 0 spiro atoms. The third kappa shape index (κ3) is 4.39. The van der Waals surface area contributed by atoms with E-state index in [9.17, 15) is 9.59 Å². The summed E-state index contributed by atoms with van der Waals surface area (Å²) in [6.07, 6.45) is 2.30. The van der Waals surface area contributed by atoms with E-state index in [0.29, 0.717) is 36.6 Å². The van der Waals surface area contributed by atoms with Gasteiger partial charge in [0.05, 0.1) is 11.1 Å². The standard InChI is InChI=1S/C31H34FN5O3/c1-4-35(5-2)15-18(3)34-31(39)23-17-37-25-12-19-8-6-7-9-20(19)13-26(25)40-30-27(37)22(29(23)38)14-24(32)28(30)36-11-10-21(33)16-36/h6-9,12-14,17-18,21H,4-5,10-11,15-16,33H2,1-3H3,(H,34,39). The number of likely N-dealkylation sites (N-methyl/N-ethyl adjacent to an activating group) is 1. The summed E-state index contributed by atoms with van der Waals surface area (Å²) in [5, 5.41) is 5.02. The number of ether oxygens (including phenoxy) is 1. The number of hydrogen-bond acceptors (Lipinski definition) is 6. The summed E-state index contributed by atoms with van der Waals surface area (Å²) in [4.78, 5) is 31.3. The lowest BCUT2D eigenvalue weighted by atomic mass is 10.0. The van der Waals surface area contributed by atoms with Gasteiger partial charge in [0.2, 0.25) is 5.43 Å². The zero-order valence-corrected chi connectivity index (χ0v) is 23.0. The van der Waals surface area contributed by atoms with Crippen LogP contribution >= 0.6 is 0 Å². The van der Waals surface area contributed by atoms with Crippen LogP contribution in [-0.2, 0) is 0 Å². The molecule has 1 saturated heterocycles. The van der Waals surface area contributed by atoms with E-state index in [0.717, 1.165) is 30.3 Å². The van der Waals surface area contributed by atoms with Crippen molar-refractivity contribution < 1.29 is 13.9 Å². The minimum atomic E-state index is -0.572. The number of nitrogens with two attached hydrogens (primary N) is 1. The van der Waals surface area contributed by atoms with Gasteiger partial charge in [0.1, 0.15) is 16.8 Å². The minimum absolute atomic E-state index is 0.0406. The molecule has 1 aromatic heterocycles. The van der Waals surface area contributed by atoms with Gasteiger partial charge in [0.25, 0.3) is 5.91 Å². The van der Waals surface area contributed by atoms with Gasteiger partial charge in [-0.05, 0) is 55.4 Å². The first kappa shape index (κ1) is 26.3. The Labute approximate surface area is 232 Å². The summed E-state index contributed by atoms with van der Waals surface area (Å²) in [6, 6.07) is 12.7. The van der Waals surface area contributed by atoms with Crippen LogP contribution in [0.2, 0.25) is 0 Å². The second kappa shape index (κ2) is 10.2. The van der Waals surface area contributed by atoms with Crippen molar-refractivity contribution >= 4 is 33.3 Å². The van der Waals surface area contributed by atoms with Gasteiger partial charge in [-0.2, -0.15) is 0 Å². The van der Waals surface area contributed by atoms with E-state index in [2.05, 4.69) is 24.1 Å². The number of aromatic nitrogens is 1. The van der Waals surface area contributed by atoms with Gasteiger partial charge in [-0.25, -0.2) is 4.39 Å². The highest BCUT2D eigenvalue weighted by molar-refractivity contribution is 6.02. The zero-order valence-electron chi connectivity index (χ0n) is 23.0. The van der Waals surface area contributed by atoms with Crippen LogP contribution in [-0.4, -0.2) is 60.2 Å². The summed E-state index contributed by atoms with van der Waals surface area (Å²) in [7, 11) is 0. The first-order valence-electron chi connectivity index (χ1n) is 14.0. The molecule has 1 amide bonds. The molecule has 8 nitrogen and oxygen atoms in total. The quantitative estimate of drug-likeness (QED) is 0.316. The minimum Gasteiger partial charge on any atom is -0.451 e. The molecule has 2 unspecified atom stereocenters. The molecule has 2 aliphatic rings. The largest absolute Gasteiger partial charge is 0.451 e. The summed E-state index contributed by atoms with van der Waals surface area (Å²) in [5.74, 6) is -0.267. The van der Waals surface area contributed by atoms with Gasteiger partial charge in [-0.15, -0.1) is 0 Å². The highest BCUT2D eigenvalue weighted by Crippen LogP contribution is 2.48. The molecule has 0 aliphatic carbocycles. The number of fused-ring (bicyclic) bond motifs is 3. The second-order valence-electron chi connectivity index (χ2n) is 10.8. The maximum absolute atomic E-state index is 15.9. The molecule has 6 rings (SSSR count). The number of halogens is 1. The first-order valence-corrected chi connectivity index (χ1v) is 14.0. The third-order valence-corrected chi connectivity index (χ3v) is 8.06. The summed E-state index contributed by atoms with van der Waals surface area (Å²) in [6.45, 7) is 9.49. The molecule has 1 fully saturated rings. The number of nitrogens with one attached hydrogen (secondary N) is 1. The Morgan fingerprint density at radius 2 is 1.93 bits per heavy atom. The fourth-order valence-electron chi connectivity index (χ4n) is 5.95. The highest BCUT2D eigenvalue weighted by Gasteiger charge is 2.33. The normalized spacial score (nSPS) is 16.9. The number of benzene rings is 3. The predicted octanol–water partition coefficient (Wildman–Crippen LogP) is 4.39. The molecule has 40 heavy (non-hydrogen) atoms. The van der Waals surface area contributed by atoms with Crippen LogP contribution in [0.1, 0.15) is 37.6 Å². The van der Waals surface area contributed by atoms with E-state index in [1.54, 1.807) is 10.8 Å². The van der Waals surface area contributed by atoms with Crippen LogP contribution in [0.25, 0.3) is 27.4 Å². The van der Waals surface area contributed by atoms with E-state index < -0.39 is 17.2 Å². The molecular formula is C31H34FN5O3. The Morgan fingerprint density at radius 3 is 2.60 bits per heavy atom. The van der Waals surface area contributed by atoms with Gasteiger partial charge in [0.15, 0.2) is 17.3 Å². The monoisotopic (exact) mass is 543 g/mol. The Kier molecular flexibility index (Phi) is 6.72. The highest BCUT2D eigenvalue weighted by atomic mass is 19.1. The van der Waals surface area contributed by atoms with Crippen LogP contribution in [0, 0.1) is 5.82 Å². The Balaban J connectivity index is 1.55. The molecule has 2 aliphatic heterocycles.